The van der Waals surface area contributed by atoms with Crippen LogP contribution in [0.5, 0.6) is 0 Å². The van der Waals surface area contributed by atoms with Crippen molar-refractivity contribution in [1.29, 1.82) is 0 Å². The van der Waals surface area contributed by atoms with Crippen LogP contribution in [0.1, 0.15) is 27.7 Å². The molecule has 2 heterocycles. The molecule has 7 heteroatoms. The van der Waals surface area contributed by atoms with Gasteiger partial charge in [-0.3, -0.25) is 4.79 Å². The van der Waals surface area contributed by atoms with E-state index in [2.05, 4.69) is 20.9 Å². The number of rotatable bonds is 4. The molecule has 1 aromatic heterocycles. The minimum Gasteiger partial charge on any atom is -0.371 e. The van der Waals surface area contributed by atoms with Gasteiger partial charge in [0.05, 0.1) is 24.6 Å². The molecule has 27 heavy (non-hydrogen) atoms. The summed E-state index contributed by atoms with van der Waals surface area (Å²) >= 11 is 0. The third-order valence-electron chi connectivity index (χ3n) is 4.49. The summed E-state index contributed by atoms with van der Waals surface area (Å²) in [5, 5.41) is 14.2. The van der Waals surface area contributed by atoms with Crippen molar-refractivity contribution >= 4 is 11.6 Å². The fourth-order valence-electron chi connectivity index (χ4n) is 2.95. The smallest absolute Gasteiger partial charge is 0.277 e. The number of carbonyl (C=O) groups excluding carboxylic acids is 1. The molecule has 1 aliphatic heterocycles. The first kappa shape index (κ1) is 17.4. The molecule has 1 amide bonds. The molecule has 4 rings (SSSR count). The Balaban J connectivity index is 1.42. The lowest BCUT2D eigenvalue weighted by Crippen LogP contribution is -2.33. The molecule has 1 fully saturated rings. The van der Waals surface area contributed by atoms with Gasteiger partial charge in [-0.05, 0) is 36.8 Å². The summed E-state index contributed by atoms with van der Waals surface area (Å²) in [6, 6.07) is 15.5. The molecule has 1 aliphatic rings. The van der Waals surface area contributed by atoms with Gasteiger partial charge in [-0.2, -0.15) is 0 Å². The van der Waals surface area contributed by atoms with Crippen molar-refractivity contribution in [2.45, 2.75) is 13.0 Å². The predicted octanol–water partition coefficient (Wildman–Crippen LogP) is 2.49. The van der Waals surface area contributed by atoms with E-state index in [4.69, 9.17) is 4.74 Å². The van der Waals surface area contributed by atoms with Crippen molar-refractivity contribution in [2.75, 3.05) is 25.0 Å². The van der Waals surface area contributed by atoms with Crippen molar-refractivity contribution in [1.82, 2.24) is 20.3 Å². The number of benzene rings is 2. The number of hydrogen-bond acceptors (Lipinski definition) is 5. The zero-order chi connectivity index (χ0) is 18.6. The van der Waals surface area contributed by atoms with Crippen molar-refractivity contribution in [2.24, 2.45) is 0 Å². The first-order chi connectivity index (χ1) is 13.2. The molecule has 3 aromatic rings. The Morgan fingerprint density at radius 2 is 1.96 bits per heavy atom. The maximum absolute atomic E-state index is 12.4. The largest absolute Gasteiger partial charge is 0.371 e. The van der Waals surface area contributed by atoms with Gasteiger partial charge >= 0.3 is 0 Å². The highest BCUT2D eigenvalue weighted by atomic mass is 16.5. The molecular formula is C20H21N5O2. The van der Waals surface area contributed by atoms with Crippen LogP contribution in [0.2, 0.25) is 0 Å². The maximum Gasteiger partial charge on any atom is 0.277 e. The third-order valence-corrected chi connectivity index (χ3v) is 4.49. The van der Waals surface area contributed by atoms with E-state index in [-0.39, 0.29) is 17.7 Å². The number of morpholine rings is 1. The van der Waals surface area contributed by atoms with Crippen LogP contribution in [0.15, 0.2) is 54.7 Å². The van der Waals surface area contributed by atoms with Crippen LogP contribution >= 0.6 is 0 Å². The van der Waals surface area contributed by atoms with Crippen molar-refractivity contribution < 1.29 is 9.53 Å². The number of ether oxygens (including phenoxy) is 1. The lowest BCUT2D eigenvalue weighted by molar-refractivity contribution is 0.0277. The first-order valence-corrected chi connectivity index (χ1v) is 8.92. The number of aromatic nitrogens is 3. The van der Waals surface area contributed by atoms with E-state index < -0.39 is 0 Å². The van der Waals surface area contributed by atoms with Gasteiger partial charge in [0.2, 0.25) is 0 Å². The van der Waals surface area contributed by atoms with Gasteiger partial charge < -0.3 is 15.4 Å². The maximum atomic E-state index is 12.4. The van der Waals surface area contributed by atoms with Crippen LogP contribution in [0.4, 0.5) is 5.69 Å². The quantitative estimate of drug-likeness (QED) is 0.744. The van der Waals surface area contributed by atoms with Crippen LogP contribution in [0.3, 0.4) is 0 Å². The van der Waals surface area contributed by atoms with Gasteiger partial charge in [-0.25, -0.2) is 4.68 Å². The second-order valence-electron chi connectivity index (χ2n) is 6.52. The molecule has 1 saturated heterocycles. The minimum atomic E-state index is -0.295. The van der Waals surface area contributed by atoms with Crippen molar-refractivity contribution in [3.63, 3.8) is 0 Å². The number of nitrogens with zero attached hydrogens (tertiary/aromatic N) is 3. The Kier molecular flexibility index (Phi) is 4.95. The second kappa shape index (κ2) is 7.69. The molecular weight excluding hydrogens is 342 g/mol. The Morgan fingerprint density at radius 1 is 1.19 bits per heavy atom. The summed E-state index contributed by atoms with van der Waals surface area (Å²) in [7, 11) is 0. The highest BCUT2D eigenvalue weighted by Crippen LogP contribution is 2.21. The molecule has 138 valence electrons. The summed E-state index contributed by atoms with van der Waals surface area (Å²) in [5.74, 6) is -0.295. The highest BCUT2D eigenvalue weighted by Gasteiger charge is 2.16. The summed E-state index contributed by atoms with van der Waals surface area (Å²) in [4.78, 5) is 12.4. The standard InChI is InChI=1S/C20H21N5O2/c1-14-2-8-17(9-3-14)25-13-18(23-24-25)20(26)22-16-6-4-15(5-7-16)19-12-21-10-11-27-19/h2-9,13,19,21H,10-12H2,1H3,(H,22,26)/t19-/m1/s1. The van der Waals surface area contributed by atoms with E-state index in [0.29, 0.717) is 12.3 Å². The highest BCUT2D eigenvalue weighted by molar-refractivity contribution is 6.02. The third kappa shape index (κ3) is 4.05. The number of hydrogen-bond donors (Lipinski definition) is 2. The van der Waals surface area contributed by atoms with Crippen LogP contribution in [-0.4, -0.2) is 40.6 Å². The summed E-state index contributed by atoms with van der Waals surface area (Å²) in [6.07, 6.45) is 1.67. The second-order valence-corrected chi connectivity index (χ2v) is 6.52. The van der Waals surface area contributed by atoms with Gasteiger partial charge in [-0.15, -0.1) is 5.10 Å². The van der Waals surface area contributed by atoms with Gasteiger partial charge in [0.25, 0.3) is 5.91 Å². The normalized spacial score (nSPS) is 16.9. The average molecular weight is 363 g/mol. The van der Waals surface area contributed by atoms with E-state index in [1.54, 1.807) is 10.9 Å². The fraction of sp³-hybridized carbons (Fsp3) is 0.250. The number of nitrogens with one attached hydrogen (secondary N) is 2. The molecule has 7 nitrogen and oxygen atoms in total. The van der Waals surface area contributed by atoms with Gasteiger partial charge in [0.1, 0.15) is 0 Å². The Morgan fingerprint density at radius 3 is 2.67 bits per heavy atom. The monoisotopic (exact) mass is 363 g/mol. The SMILES string of the molecule is Cc1ccc(-n2cc(C(=O)Nc3ccc([C@H]4CNCCO4)cc3)nn2)cc1. The molecule has 0 saturated carbocycles. The average Bonchev–Trinajstić information content (AvgIpc) is 3.20. The predicted molar refractivity (Wildman–Crippen MR) is 102 cm³/mol. The fourth-order valence-corrected chi connectivity index (χ4v) is 2.95. The van der Waals surface area contributed by atoms with E-state index in [0.717, 1.165) is 29.9 Å². The van der Waals surface area contributed by atoms with Crippen LogP contribution in [-0.2, 0) is 4.74 Å². The Bertz CT molecular complexity index is 912. The summed E-state index contributed by atoms with van der Waals surface area (Å²) in [6.45, 7) is 4.41. The van der Waals surface area contributed by atoms with Gasteiger partial charge in [0.15, 0.2) is 5.69 Å². The molecule has 0 unspecified atom stereocenters. The zero-order valence-corrected chi connectivity index (χ0v) is 15.1. The van der Waals surface area contributed by atoms with Crippen LogP contribution in [0, 0.1) is 6.92 Å². The van der Waals surface area contributed by atoms with Crippen LogP contribution < -0.4 is 10.6 Å². The van der Waals surface area contributed by atoms with Crippen molar-refractivity contribution in [3.8, 4) is 5.69 Å². The van der Waals surface area contributed by atoms with E-state index in [1.807, 2.05) is 55.5 Å². The lowest BCUT2D eigenvalue weighted by atomic mass is 10.1. The minimum absolute atomic E-state index is 0.0536. The number of aryl methyl sites for hydroxylation is 1. The molecule has 0 spiro atoms. The number of carbonyl (C=O) groups is 1. The molecule has 1 atom stereocenters. The van der Waals surface area contributed by atoms with Crippen LogP contribution in [0.25, 0.3) is 5.69 Å². The van der Waals surface area contributed by atoms with E-state index >= 15 is 0 Å². The number of anilines is 1. The molecule has 2 aromatic carbocycles. The Hall–Kier alpha value is -3.03. The topological polar surface area (TPSA) is 81.1 Å². The van der Waals surface area contributed by atoms with Gasteiger partial charge in [0, 0.05) is 18.8 Å². The zero-order valence-electron chi connectivity index (χ0n) is 15.1. The van der Waals surface area contributed by atoms with E-state index in [1.165, 1.54) is 0 Å². The lowest BCUT2D eigenvalue weighted by Gasteiger charge is -2.24. The molecule has 2 N–H and O–H groups in total. The Labute approximate surface area is 157 Å². The first-order valence-electron chi connectivity index (χ1n) is 8.92. The summed E-state index contributed by atoms with van der Waals surface area (Å²) in [5.41, 5.74) is 4.08. The van der Waals surface area contributed by atoms with Crippen molar-refractivity contribution in [3.05, 3.63) is 71.5 Å². The van der Waals surface area contributed by atoms with Gasteiger partial charge in [-0.1, -0.05) is 35.0 Å². The van der Waals surface area contributed by atoms with E-state index in [9.17, 15) is 4.79 Å². The molecule has 0 radical (unpaired) electrons. The molecule has 0 aliphatic carbocycles. The summed E-state index contributed by atoms with van der Waals surface area (Å²) < 4.78 is 7.32. The molecule has 0 bridgehead atoms. The number of amides is 1.